The average Bonchev–Trinajstić information content (AvgIpc) is 4.19. The molecule has 3 N–H and O–H groups in total. The van der Waals surface area contributed by atoms with Crippen molar-refractivity contribution in [3.8, 4) is 11.5 Å². The number of aliphatic hydroxyl groups excluding tert-OH is 3. The Bertz CT molecular complexity index is 1840. The molecule has 1 amide bonds. The Hall–Kier alpha value is -3.98. The normalized spacial score (nSPS) is 23.3. The number of ether oxygens (including phenoxy) is 5. The van der Waals surface area contributed by atoms with Gasteiger partial charge in [0, 0.05) is 57.3 Å². The molecule has 1 saturated heterocycles. The molecule has 13 heteroatoms. The van der Waals surface area contributed by atoms with E-state index in [2.05, 4.69) is 30.5 Å². The number of oxime groups is 1. The molecule has 2 aromatic carbocycles. The van der Waals surface area contributed by atoms with Gasteiger partial charge in [-0.05, 0) is 73.3 Å². The first-order chi connectivity index (χ1) is 33.5. The summed E-state index contributed by atoms with van der Waals surface area (Å²) in [6, 6.07) is 15.3. The number of hydrogen-bond acceptors (Lipinski definition) is 12. The third-order valence-corrected chi connectivity index (χ3v) is 14.2. The van der Waals surface area contributed by atoms with Crippen molar-refractivity contribution in [1.82, 2.24) is 9.80 Å². The molecule has 1 saturated carbocycles. The summed E-state index contributed by atoms with van der Waals surface area (Å²) >= 11 is 0. The maximum Gasteiger partial charge on any atom is 0.410 e. The number of aliphatic hydroxyl groups is 3. The lowest BCUT2D eigenvalue weighted by molar-refractivity contribution is -0.256. The Kier molecular flexibility index (Phi) is 23.0. The quantitative estimate of drug-likeness (QED) is 0.0262. The van der Waals surface area contributed by atoms with Crippen LogP contribution >= 0.6 is 0 Å². The molecule has 6 rings (SSSR count). The first kappa shape index (κ1) is 53.4. The summed E-state index contributed by atoms with van der Waals surface area (Å²) in [5.74, 6) is -0.490. The lowest BCUT2D eigenvalue weighted by Gasteiger charge is -2.59. The van der Waals surface area contributed by atoms with Crippen molar-refractivity contribution in [3.05, 3.63) is 84.0 Å². The SMILES string of the molecule is C=CCO[C@@]12Oc3ccc(OCCN4CC4)cc3[C@H]3[C@H](CCCCO)[C@@H](CCCCO)C=C(C(=NOCc4ccccc4)C[C@@H]1N(CCOCCO)C(=O)OCCCCCCCCCCCC)[C@H]32. The molecular weight excluding hydrogens is 863 g/mol. The van der Waals surface area contributed by atoms with Crippen LogP contribution in [0.1, 0.15) is 133 Å². The molecule has 2 aromatic rings. The molecule has 0 bridgehead atoms. The summed E-state index contributed by atoms with van der Waals surface area (Å²) in [7, 11) is 0. The zero-order valence-corrected chi connectivity index (χ0v) is 41.1. The molecule has 0 aromatic heterocycles. The summed E-state index contributed by atoms with van der Waals surface area (Å²) in [6.45, 7) is 11.1. The Labute approximate surface area is 406 Å². The molecule has 13 nitrogen and oxygen atoms in total. The van der Waals surface area contributed by atoms with E-state index in [-0.39, 0.29) is 83.6 Å². The number of rotatable bonds is 35. The molecule has 2 aliphatic carbocycles. The number of benzene rings is 2. The van der Waals surface area contributed by atoms with Crippen LogP contribution in [0.3, 0.4) is 0 Å². The Balaban J connectivity index is 1.41. The zero-order valence-electron chi connectivity index (χ0n) is 41.1. The lowest BCUT2D eigenvalue weighted by Crippen LogP contribution is -2.70. The summed E-state index contributed by atoms with van der Waals surface area (Å²) in [5.41, 5.74) is 3.66. The van der Waals surface area contributed by atoms with Gasteiger partial charge in [-0.2, -0.15) is 0 Å². The fraction of sp³-hybridized carbons (Fsp3) is 0.673. The number of nitrogens with zero attached hydrogens (tertiary/aromatic N) is 3. The van der Waals surface area contributed by atoms with Gasteiger partial charge in [-0.1, -0.05) is 125 Å². The maximum absolute atomic E-state index is 14.8. The fourth-order valence-electron chi connectivity index (χ4n) is 10.6. The molecule has 0 unspecified atom stereocenters. The van der Waals surface area contributed by atoms with Crippen LogP contribution in [0, 0.1) is 17.8 Å². The van der Waals surface area contributed by atoms with Crippen LogP contribution in [-0.4, -0.2) is 128 Å². The minimum Gasteiger partial charge on any atom is -0.492 e. The van der Waals surface area contributed by atoms with Crippen molar-refractivity contribution in [1.29, 1.82) is 0 Å². The van der Waals surface area contributed by atoms with E-state index in [9.17, 15) is 20.1 Å². The second-order valence-corrected chi connectivity index (χ2v) is 19.0. The second-order valence-electron chi connectivity index (χ2n) is 19.0. The Morgan fingerprint density at radius 2 is 1.60 bits per heavy atom. The predicted octanol–water partition coefficient (Wildman–Crippen LogP) is 9.58. The highest BCUT2D eigenvalue weighted by Crippen LogP contribution is 2.62. The van der Waals surface area contributed by atoms with E-state index in [0.29, 0.717) is 30.9 Å². The third kappa shape index (κ3) is 15.3. The number of fused-ring (bicyclic) bond motifs is 2. The van der Waals surface area contributed by atoms with Crippen LogP contribution in [0.15, 0.2) is 78.0 Å². The molecule has 2 heterocycles. The molecule has 0 spiro atoms. The summed E-state index contributed by atoms with van der Waals surface area (Å²) < 4.78 is 33.0. The number of carbonyl (C=O) groups is 1. The third-order valence-electron chi connectivity index (χ3n) is 14.2. The average molecular weight is 946 g/mol. The van der Waals surface area contributed by atoms with Crippen molar-refractivity contribution in [2.45, 2.75) is 140 Å². The smallest absolute Gasteiger partial charge is 0.410 e. The van der Waals surface area contributed by atoms with Gasteiger partial charge in [0.05, 0.1) is 44.7 Å². The van der Waals surface area contributed by atoms with Crippen LogP contribution < -0.4 is 9.47 Å². The summed E-state index contributed by atoms with van der Waals surface area (Å²) in [5, 5.41) is 34.6. The molecular formula is C55H83N3O10. The van der Waals surface area contributed by atoms with Gasteiger partial charge in [0.2, 0.25) is 5.79 Å². The highest BCUT2D eigenvalue weighted by Gasteiger charge is 2.65. The van der Waals surface area contributed by atoms with E-state index in [1.807, 2.05) is 42.5 Å². The minimum absolute atomic E-state index is 0.0750. The standard InChI is InChI=1S/C55H83N3O10/c1-3-5-6-7-8-9-10-11-12-20-35-65-54(62)58(30-36-63-38-33-61)51-41-49(56-67-42-43-21-14-13-15-22-43)47-39-44(23-16-18-31-59)46(24-17-19-32-60)52-48-40-45(64-37-29-57-27-28-57)25-26-50(48)68-55(51,53(47)52)66-34-4-2/h4,13-15,21-22,25-26,39-40,44,46,51-53,59-61H,2-3,5-12,16-20,23-24,27-38,41-42H2,1H3/t44-,46+,51-,52+,53+,55+/m0/s1. The predicted molar refractivity (Wildman–Crippen MR) is 266 cm³/mol. The van der Waals surface area contributed by atoms with E-state index >= 15 is 0 Å². The molecule has 2 fully saturated rings. The largest absolute Gasteiger partial charge is 0.492 e. The molecule has 0 radical (unpaired) electrons. The molecule has 2 aliphatic heterocycles. The number of allylic oxidation sites excluding steroid dienone is 1. The van der Waals surface area contributed by atoms with Gasteiger partial charge in [-0.25, -0.2) is 4.79 Å². The van der Waals surface area contributed by atoms with Crippen LogP contribution in [0.2, 0.25) is 0 Å². The number of hydrogen-bond donors (Lipinski definition) is 3. The maximum atomic E-state index is 14.8. The van der Waals surface area contributed by atoms with Gasteiger partial charge in [-0.3, -0.25) is 9.80 Å². The van der Waals surface area contributed by atoms with Crippen LogP contribution in [0.25, 0.3) is 0 Å². The summed E-state index contributed by atoms with van der Waals surface area (Å²) in [4.78, 5) is 25.1. The number of carbonyl (C=O) groups excluding carboxylic acids is 1. The topological polar surface area (TPSA) is 152 Å². The van der Waals surface area contributed by atoms with Gasteiger partial charge in [0.25, 0.3) is 0 Å². The van der Waals surface area contributed by atoms with E-state index in [0.717, 1.165) is 87.0 Å². The van der Waals surface area contributed by atoms with Crippen molar-refractivity contribution in [2.24, 2.45) is 22.9 Å². The highest BCUT2D eigenvalue weighted by atomic mass is 16.7. The molecule has 68 heavy (non-hydrogen) atoms. The van der Waals surface area contributed by atoms with Crippen LogP contribution in [0.4, 0.5) is 4.79 Å². The van der Waals surface area contributed by atoms with E-state index < -0.39 is 23.8 Å². The van der Waals surface area contributed by atoms with Crippen molar-refractivity contribution >= 4 is 11.8 Å². The first-order valence-electron chi connectivity index (χ1n) is 26.2. The minimum atomic E-state index is -1.43. The Morgan fingerprint density at radius 3 is 2.31 bits per heavy atom. The number of amides is 1. The molecule has 6 atom stereocenters. The van der Waals surface area contributed by atoms with Gasteiger partial charge in [0.15, 0.2) is 0 Å². The van der Waals surface area contributed by atoms with Crippen LogP contribution in [0.5, 0.6) is 11.5 Å². The van der Waals surface area contributed by atoms with Crippen LogP contribution in [-0.2, 0) is 25.7 Å². The fourth-order valence-corrected chi connectivity index (χ4v) is 10.6. The van der Waals surface area contributed by atoms with Gasteiger partial charge in [0.1, 0.15) is 30.8 Å². The zero-order chi connectivity index (χ0) is 47.8. The van der Waals surface area contributed by atoms with Crippen molar-refractivity contribution < 1.29 is 48.6 Å². The highest BCUT2D eigenvalue weighted by molar-refractivity contribution is 6.03. The van der Waals surface area contributed by atoms with Gasteiger partial charge in [-0.15, -0.1) is 6.58 Å². The molecule has 4 aliphatic rings. The van der Waals surface area contributed by atoms with Crippen molar-refractivity contribution in [3.63, 3.8) is 0 Å². The van der Waals surface area contributed by atoms with E-state index in [1.54, 1.807) is 11.0 Å². The van der Waals surface area contributed by atoms with Gasteiger partial charge < -0.3 is 43.8 Å². The lowest BCUT2D eigenvalue weighted by atomic mass is 9.55. The molecule has 378 valence electrons. The van der Waals surface area contributed by atoms with Crippen molar-refractivity contribution in [2.75, 3.05) is 79.0 Å². The van der Waals surface area contributed by atoms with E-state index in [1.165, 1.54) is 44.9 Å². The summed E-state index contributed by atoms with van der Waals surface area (Å²) in [6.07, 6.45) is 20.2. The Morgan fingerprint density at radius 1 is 0.868 bits per heavy atom. The second kappa shape index (κ2) is 29.3. The monoisotopic (exact) mass is 946 g/mol. The van der Waals surface area contributed by atoms with Gasteiger partial charge >= 0.3 is 6.09 Å². The van der Waals surface area contributed by atoms with E-state index in [4.69, 9.17) is 33.7 Å². The number of unbranched alkanes of at least 4 members (excludes halogenated alkanes) is 11. The first-order valence-corrected chi connectivity index (χ1v) is 26.2.